The number of aromatic nitrogens is 1. The van der Waals surface area contributed by atoms with Crippen molar-refractivity contribution >= 4 is 5.91 Å². The minimum atomic E-state index is -0.413. The van der Waals surface area contributed by atoms with Gasteiger partial charge in [0.25, 0.3) is 0 Å². The molecule has 1 amide bonds. The van der Waals surface area contributed by atoms with Crippen LogP contribution in [-0.2, 0) is 16.1 Å². The molecule has 7 nitrogen and oxygen atoms in total. The third kappa shape index (κ3) is 3.57. The maximum absolute atomic E-state index is 12.9. The second-order valence-corrected chi connectivity index (χ2v) is 6.59. The fourth-order valence-corrected chi connectivity index (χ4v) is 3.43. The van der Waals surface area contributed by atoms with E-state index in [1.165, 1.54) is 0 Å². The molecule has 2 aliphatic rings. The van der Waals surface area contributed by atoms with Gasteiger partial charge in [-0.1, -0.05) is 5.16 Å². The zero-order valence-corrected chi connectivity index (χ0v) is 13.8. The van der Waals surface area contributed by atoms with E-state index >= 15 is 0 Å². The molecule has 3 rings (SSSR count). The first-order valence-electron chi connectivity index (χ1n) is 8.35. The molecule has 2 aliphatic heterocycles. The van der Waals surface area contributed by atoms with Gasteiger partial charge in [-0.3, -0.25) is 9.69 Å². The van der Waals surface area contributed by atoms with E-state index < -0.39 is 5.41 Å². The summed E-state index contributed by atoms with van der Waals surface area (Å²) in [5.41, 5.74) is 6.48. The van der Waals surface area contributed by atoms with E-state index in [9.17, 15) is 4.79 Å². The Bertz CT molecular complexity index is 531. The number of carbonyl (C=O) groups excluding carboxylic acids is 1. The van der Waals surface area contributed by atoms with Crippen LogP contribution in [0.5, 0.6) is 0 Å². The highest BCUT2D eigenvalue weighted by Gasteiger charge is 2.42. The Morgan fingerprint density at radius 1 is 1.30 bits per heavy atom. The number of amides is 1. The summed E-state index contributed by atoms with van der Waals surface area (Å²) in [6, 6.07) is 1.96. The van der Waals surface area contributed by atoms with Crippen LogP contribution in [0.15, 0.2) is 10.6 Å². The van der Waals surface area contributed by atoms with E-state index in [0.717, 1.165) is 57.0 Å². The van der Waals surface area contributed by atoms with Gasteiger partial charge in [-0.15, -0.1) is 0 Å². The molecule has 0 atom stereocenters. The molecular formula is C16H26N4O3. The Labute approximate surface area is 136 Å². The molecule has 2 fully saturated rings. The highest BCUT2D eigenvalue weighted by atomic mass is 16.5. The number of aryl methyl sites for hydroxylation is 1. The summed E-state index contributed by atoms with van der Waals surface area (Å²) in [6.07, 6.45) is 1.47. The third-order valence-corrected chi connectivity index (χ3v) is 5.02. The van der Waals surface area contributed by atoms with Crippen LogP contribution in [0.1, 0.15) is 24.3 Å². The SMILES string of the molecule is Cc1cc(CN2CCN(C(=O)C3(CN)CCOCC3)CC2)no1. The van der Waals surface area contributed by atoms with Crippen molar-refractivity contribution in [3.8, 4) is 0 Å². The van der Waals surface area contributed by atoms with E-state index in [2.05, 4.69) is 10.1 Å². The number of rotatable bonds is 4. The van der Waals surface area contributed by atoms with Crippen LogP contribution >= 0.6 is 0 Å². The molecule has 0 bridgehead atoms. The molecule has 128 valence electrons. The number of hydrogen-bond donors (Lipinski definition) is 1. The molecule has 1 aromatic rings. The molecule has 2 N–H and O–H groups in total. The first kappa shape index (κ1) is 16.4. The number of nitrogens with two attached hydrogens (primary N) is 1. The average Bonchev–Trinajstić information content (AvgIpc) is 3.00. The van der Waals surface area contributed by atoms with Crippen molar-refractivity contribution in [1.29, 1.82) is 0 Å². The van der Waals surface area contributed by atoms with Crippen LogP contribution in [0.4, 0.5) is 0 Å². The third-order valence-electron chi connectivity index (χ3n) is 5.02. The van der Waals surface area contributed by atoms with Gasteiger partial charge in [0.05, 0.1) is 11.1 Å². The van der Waals surface area contributed by atoms with Crippen LogP contribution in [0.2, 0.25) is 0 Å². The molecule has 7 heteroatoms. The first-order valence-corrected chi connectivity index (χ1v) is 8.35. The predicted octanol–water partition coefficient (Wildman–Crippen LogP) is 0.383. The van der Waals surface area contributed by atoms with Crippen molar-refractivity contribution in [2.75, 3.05) is 45.9 Å². The largest absolute Gasteiger partial charge is 0.381 e. The second kappa shape index (κ2) is 6.98. The monoisotopic (exact) mass is 322 g/mol. The van der Waals surface area contributed by atoms with Gasteiger partial charge in [-0.05, 0) is 19.8 Å². The Hall–Kier alpha value is -1.44. The summed E-state index contributed by atoms with van der Waals surface area (Å²) in [7, 11) is 0. The Morgan fingerprint density at radius 3 is 2.57 bits per heavy atom. The summed E-state index contributed by atoms with van der Waals surface area (Å²) in [6.45, 7) is 7.55. The van der Waals surface area contributed by atoms with Crippen molar-refractivity contribution in [2.45, 2.75) is 26.3 Å². The lowest BCUT2D eigenvalue weighted by Gasteiger charge is -2.42. The van der Waals surface area contributed by atoms with Gasteiger partial charge < -0.3 is 19.9 Å². The quantitative estimate of drug-likeness (QED) is 0.863. The summed E-state index contributed by atoms with van der Waals surface area (Å²) < 4.78 is 10.5. The van der Waals surface area contributed by atoms with E-state index in [-0.39, 0.29) is 5.91 Å². The molecule has 0 unspecified atom stereocenters. The van der Waals surface area contributed by atoms with Crippen molar-refractivity contribution < 1.29 is 14.1 Å². The van der Waals surface area contributed by atoms with Crippen LogP contribution in [0.25, 0.3) is 0 Å². The van der Waals surface area contributed by atoms with E-state index in [0.29, 0.717) is 19.8 Å². The van der Waals surface area contributed by atoms with Crippen molar-refractivity contribution in [2.24, 2.45) is 11.1 Å². The molecule has 3 heterocycles. The summed E-state index contributed by atoms with van der Waals surface area (Å²) >= 11 is 0. The van der Waals surface area contributed by atoms with Crippen LogP contribution in [0.3, 0.4) is 0 Å². The Morgan fingerprint density at radius 2 is 2.00 bits per heavy atom. The molecule has 0 aromatic carbocycles. The van der Waals surface area contributed by atoms with E-state index in [1.54, 1.807) is 0 Å². The van der Waals surface area contributed by atoms with E-state index in [4.69, 9.17) is 15.0 Å². The molecule has 2 saturated heterocycles. The smallest absolute Gasteiger partial charge is 0.230 e. The minimum absolute atomic E-state index is 0.209. The molecule has 0 radical (unpaired) electrons. The topological polar surface area (TPSA) is 84.8 Å². The molecular weight excluding hydrogens is 296 g/mol. The van der Waals surface area contributed by atoms with Crippen molar-refractivity contribution in [1.82, 2.24) is 15.0 Å². The molecule has 23 heavy (non-hydrogen) atoms. The zero-order chi connectivity index (χ0) is 16.3. The number of ether oxygens (including phenoxy) is 1. The predicted molar refractivity (Wildman–Crippen MR) is 84.6 cm³/mol. The lowest BCUT2D eigenvalue weighted by atomic mass is 9.78. The van der Waals surface area contributed by atoms with Crippen LogP contribution < -0.4 is 5.73 Å². The Kier molecular flexibility index (Phi) is 4.99. The number of piperazine rings is 1. The van der Waals surface area contributed by atoms with Gasteiger partial charge in [0.1, 0.15) is 5.76 Å². The standard InChI is InChI=1S/C16H26N4O3/c1-13-10-14(18-23-13)11-19-4-6-20(7-5-19)15(21)16(12-17)2-8-22-9-3-16/h10H,2-9,11-12,17H2,1H3. The molecule has 1 aromatic heterocycles. The average molecular weight is 322 g/mol. The lowest BCUT2D eigenvalue weighted by molar-refractivity contribution is -0.149. The van der Waals surface area contributed by atoms with Gasteiger partial charge >= 0.3 is 0 Å². The highest BCUT2D eigenvalue weighted by Crippen LogP contribution is 2.32. The summed E-state index contributed by atoms with van der Waals surface area (Å²) in [5, 5.41) is 4.03. The van der Waals surface area contributed by atoms with E-state index in [1.807, 2.05) is 17.9 Å². The van der Waals surface area contributed by atoms with Crippen molar-refractivity contribution in [3.63, 3.8) is 0 Å². The fraction of sp³-hybridized carbons (Fsp3) is 0.750. The van der Waals surface area contributed by atoms with Gasteiger partial charge in [0.2, 0.25) is 5.91 Å². The Balaban J connectivity index is 1.54. The summed E-state index contributed by atoms with van der Waals surface area (Å²) in [5.74, 6) is 1.04. The number of carbonyl (C=O) groups is 1. The highest BCUT2D eigenvalue weighted by molar-refractivity contribution is 5.83. The lowest BCUT2D eigenvalue weighted by Crippen LogP contribution is -2.56. The summed E-state index contributed by atoms with van der Waals surface area (Å²) in [4.78, 5) is 17.2. The molecule has 0 saturated carbocycles. The first-order chi connectivity index (χ1) is 11.1. The zero-order valence-electron chi connectivity index (χ0n) is 13.8. The maximum Gasteiger partial charge on any atom is 0.230 e. The minimum Gasteiger partial charge on any atom is -0.381 e. The van der Waals surface area contributed by atoms with Crippen LogP contribution in [-0.4, -0.2) is 66.8 Å². The second-order valence-electron chi connectivity index (χ2n) is 6.59. The number of hydrogen-bond acceptors (Lipinski definition) is 6. The van der Waals surface area contributed by atoms with Gasteiger partial charge in [0, 0.05) is 58.5 Å². The maximum atomic E-state index is 12.9. The van der Waals surface area contributed by atoms with Crippen molar-refractivity contribution in [3.05, 3.63) is 17.5 Å². The van der Waals surface area contributed by atoms with Crippen LogP contribution in [0, 0.1) is 12.3 Å². The normalized spacial score (nSPS) is 22.3. The molecule has 0 aliphatic carbocycles. The van der Waals surface area contributed by atoms with Gasteiger partial charge in [0.15, 0.2) is 0 Å². The number of nitrogens with zero attached hydrogens (tertiary/aromatic N) is 3. The van der Waals surface area contributed by atoms with Gasteiger partial charge in [-0.25, -0.2) is 0 Å². The van der Waals surface area contributed by atoms with Gasteiger partial charge in [-0.2, -0.15) is 0 Å². The molecule has 0 spiro atoms. The fourth-order valence-electron chi connectivity index (χ4n) is 3.43.